The maximum atomic E-state index is 10.3. The minimum Gasteiger partial charge on any atom is -0.391 e. The van der Waals surface area contributed by atoms with Crippen LogP contribution in [-0.2, 0) is 5.41 Å². The van der Waals surface area contributed by atoms with Gasteiger partial charge in [0.15, 0.2) is 0 Å². The van der Waals surface area contributed by atoms with Gasteiger partial charge in [0, 0.05) is 22.1 Å². The summed E-state index contributed by atoms with van der Waals surface area (Å²) in [6.07, 6.45) is -0.457. The van der Waals surface area contributed by atoms with Crippen molar-refractivity contribution in [1.82, 2.24) is 4.98 Å². The molecule has 0 spiro atoms. The first-order valence-electron chi connectivity index (χ1n) is 8.63. The molecule has 0 aliphatic rings. The van der Waals surface area contributed by atoms with Crippen LogP contribution in [0.15, 0.2) is 40.3 Å². The van der Waals surface area contributed by atoms with E-state index in [1.54, 1.807) is 11.8 Å². The number of aliphatic hydroxyl groups excluding tert-OH is 1. The van der Waals surface area contributed by atoms with Crippen LogP contribution in [0.1, 0.15) is 43.2 Å². The highest BCUT2D eigenvalue weighted by Crippen LogP contribution is 2.28. The summed E-state index contributed by atoms with van der Waals surface area (Å²) in [5, 5.41) is 20.3. The molecule has 0 bridgehead atoms. The quantitative estimate of drug-likeness (QED) is 0.699. The van der Waals surface area contributed by atoms with E-state index in [1.165, 1.54) is 17.3 Å². The van der Waals surface area contributed by atoms with Gasteiger partial charge < -0.3 is 5.11 Å². The number of aryl methyl sites for hydroxylation is 2. The van der Waals surface area contributed by atoms with E-state index in [1.807, 2.05) is 19.9 Å². The number of nitriles is 1. The second kappa shape index (κ2) is 8.94. The van der Waals surface area contributed by atoms with Crippen molar-refractivity contribution in [2.45, 2.75) is 56.1 Å². The molecule has 0 fully saturated rings. The molecular formula is C21H26N2OS2. The summed E-state index contributed by atoms with van der Waals surface area (Å²) in [6, 6.07) is 12.7. The molecule has 0 aliphatic heterocycles. The number of nitrogens with zero attached hydrogens (tertiary/aromatic N) is 2. The van der Waals surface area contributed by atoms with Crippen molar-refractivity contribution in [3.8, 4) is 6.07 Å². The molecule has 2 aromatic rings. The first-order chi connectivity index (χ1) is 12.2. The fourth-order valence-electron chi connectivity index (χ4n) is 2.51. The largest absolute Gasteiger partial charge is 0.391 e. The van der Waals surface area contributed by atoms with E-state index in [4.69, 9.17) is 0 Å². The van der Waals surface area contributed by atoms with Gasteiger partial charge in [-0.05, 0) is 48.6 Å². The third kappa shape index (κ3) is 5.77. The van der Waals surface area contributed by atoms with Gasteiger partial charge in [-0.3, -0.25) is 0 Å². The van der Waals surface area contributed by atoms with Crippen LogP contribution in [0.2, 0.25) is 0 Å². The molecule has 3 nitrogen and oxygen atoms in total. The Balaban J connectivity index is 1.90. The molecule has 2 rings (SSSR count). The lowest BCUT2D eigenvalue weighted by Gasteiger charge is -2.19. The van der Waals surface area contributed by atoms with Crippen molar-refractivity contribution >= 4 is 23.5 Å². The van der Waals surface area contributed by atoms with Gasteiger partial charge >= 0.3 is 0 Å². The molecule has 0 amide bonds. The van der Waals surface area contributed by atoms with E-state index in [9.17, 15) is 10.4 Å². The highest BCUT2D eigenvalue weighted by molar-refractivity contribution is 8.00. The Morgan fingerprint density at radius 1 is 1.12 bits per heavy atom. The zero-order valence-corrected chi connectivity index (χ0v) is 17.7. The van der Waals surface area contributed by atoms with Gasteiger partial charge in [-0.25, -0.2) is 4.98 Å². The maximum Gasteiger partial charge on any atom is 0.114 e. The fraction of sp³-hybridized carbons (Fsp3) is 0.429. The molecule has 5 heteroatoms. The summed E-state index contributed by atoms with van der Waals surface area (Å²) in [4.78, 5) is 5.61. The van der Waals surface area contributed by atoms with Crippen LogP contribution in [0, 0.1) is 25.2 Å². The van der Waals surface area contributed by atoms with Crippen LogP contribution in [-0.4, -0.2) is 27.7 Å². The number of aromatic nitrogens is 1. The van der Waals surface area contributed by atoms with Gasteiger partial charge in [-0.2, -0.15) is 5.26 Å². The topological polar surface area (TPSA) is 56.9 Å². The van der Waals surface area contributed by atoms with Crippen molar-refractivity contribution in [1.29, 1.82) is 5.26 Å². The van der Waals surface area contributed by atoms with Crippen LogP contribution in [0.5, 0.6) is 0 Å². The van der Waals surface area contributed by atoms with Crippen LogP contribution < -0.4 is 0 Å². The summed E-state index contributed by atoms with van der Waals surface area (Å²) in [6.45, 7) is 10.4. The SMILES string of the molecule is Cc1cc(C)c(C#N)c(SC[C@H](O)CSc2ccc(C(C)(C)C)cc2)n1. The Kier molecular flexibility index (Phi) is 7.16. The molecule has 0 unspecified atom stereocenters. The summed E-state index contributed by atoms with van der Waals surface area (Å²) in [5.74, 6) is 1.15. The van der Waals surface area contributed by atoms with Gasteiger partial charge in [-0.1, -0.05) is 32.9 Å². The number of hydrogen-bond donors (Lipinski definition) is 1. The van der Waals surface area contributed by atoms with Crippen LogP contribution >= 0.6 is 23.5 Å². The molecule has 1 atom stereocenters. The first-order valence-corrected chi connectivity index (χ1v) is 10.6. The van der Waals surface area contributed by atoms with Crippen molar-refractivity contribution in [2.24, 2.45) is 0 Å². The Hall–Kier alpha value is -1.48. The normalized spacial score (nSPS) is 12.7. The van der Waals surface area contributed by atoms with Crippen molar-refractivity contribution in [2.75, 3.05) is 11.5 Å². The molecule has 26 heavy (non-hydrogen) atoms. The van der Waals surface area contributed by atoms with Crippen LogP contribution in [0.4, 0.5) is 0 Å². The van der Waals surface area contributed by atoms with Crippen LogP contribution in [0.3, 0.4) is 0 Å². The van der Waals surface area contributed by atoms with E-state index in [0.717, 1.165) is 16.2 Å². The third-order valence-electron chi connectivity index (χ3n) is 4.00. The predicted molar refractivity (Wildman–Crippen MR) is 111 cm³/mol. The minimum absolute atomic E-state index is 0.150. The Labute approximate surface area is 165 Å². The lowest BCUT2D eigenvalue weighted by Crippen LogP contribution is -2.13. The molecule has 0 radical (unpaired) electrons. The predicted octanol–water partition coefficient (Wildman–Crippen LogP) is 5.11. The fourth-order valence-corrected chi connectivity index (χ4v) is 4.52. The molecule has 0 saturated carbocycles. The van der Waals surface area contributed by atoms with Gasteiger partial charge in [0.2, 0.25) is 0 Å². The lowest BCUT2D eigenvalue weighted by atomic mass is 9.87. The van der Waals surface area contributed by atoms with E-state index in [0.29, 0.717) is 22.1 Å². The van der Waals surface area contributed by atoms with Gasteiger partial charge in [0.25, 0.3) is 0 Å². The van der Waals surface area contributed by atoms with Crippen molar-refractivity contribution in [3.05, 3.63) is 52.7 Å². The smallest absolute Gasteiger partial charge is 0.114 e. The number of rotatable bonds is 6. The number of aliphatic hydroxyl groups is 1. The molecular weight excluding hydrogens is 360 g/mol. The van der Waals surface area contributed by atoms with E-state index in [-0.39, 0.29) is 5.41 Å². The van der Waals surface area contributed by atoms with Crippen molar-refractivity contribution < 1.29 is 5.11 Å². The molecule has 1 heterocycles. The standard InChI is InChI=1S/C21H26N2OS2/c1-14-10-15(2)23-20(19(14)11-22)26-13-17(24)12-25-18-8-6-16(7-9-18)21(3,4)5/h6-10,17,24H,12-13H2,1-5H3/t17-/m1/s1. The zero-order valence-electron chi connectivity index (χ0n) is 16.0. The molecule has 1 aromatic heterocycles. The average molecular weight is 387 g/mol. The number of pyridine rings is 1. The number of thioether (sulfide) groups is 2. The Morgan fingerprint density at radius 3 is 2.31 bits per heavy atom. The molecule has 0 saturated heterocycles. The molecule has 138 valence electrons. The molecule has 0 aliphatic carbocycles. The van der Waals surface area contributed by atoms with Gasteiger partial charge in [-0.15, -0.1) is 23.5 Å². The summed E-state index contributed by atoms with van der Waals surface area (Å²) < 4.78 is 0. The highest BCUT2D eigenvalue weighted by Gasteiger charge is 2.14. The van der Waals surface area contributed by atoms with Gasteiger partial charge in [0.1, 0.15) is 11.1 Å². The number of hydrogen-bond acceptors (Lipinski definition) is 5. The van der Waals surface area contributed by atoms with Gasteiger partial charge in [0.05, 0.1) is 11.7 Å². The zero-order chi connectivity index (χ0) is 19.3. The summed E-state index contributed by atoms with van der Waals surface area (Å²) in [7, 11) is 0. The lowest BCUT2D eigenvalue weighted by molar-refractivity contribution is 0.225. The number of benzene rings is 1. The molecule has 1 aromatic carbocycles. The summed E-state index contributed by atoms with van der Waals surface area (Å²) >= 11 is 3.10. The van der Waals surface area contributed by atoms with E-state index in [2.05, 4.69) is 56.1 Å². The Bertz CT molecular complexity index is 789. The third-order valence-corrected chi connectivity index (χ3v) is 6.28. The average Bonchev–Trinajstić information content (AvgIpc) is 2.57. The first kappa shape index (κ1) is 20.8. The summed E-state index contributed by atoms with van der Waals surface area (Å²) in [5.41, 5.74) is 3.90. The van der Waals surface area contributed by atoms with E-state index >= 15 is 0 Å². The van der Waals surface area contributed by atoms with Crippen molar-refractivity contribution in [3.63, 3.8) is 0 Å². The van der Waals surface area contributed by atoms with E-state index < -0.39 is 6.10 Å². The minimum atomic E-state index is -0.457. The second-order valence-corrected chi connectivity index (χ2v) is 9.52. The monoisotopic (exact) mass is 386 g/mol. The maximum absolute atomic E-state index is 10.3. The molecule has 1 N–H and O–H groups in total. The second-order valence-electron chi connectivity index (χ2n) is 7.42. The highest BCUT2D eigenvalue weighted by atomic mass is 32.2. The van der Waals surface area contributed by atoms with Crippen LogP contribution in [0.25, 0.3) is 0 Å². The Morgan fingerprint density at radius 2 is 1.73 bits per heavy atom.